The molecule has 0 spiro atoms. The van der Waals surface area contributed by atoms with Crippen molar-refractivity contribution in [2.45, 2.75) is 33.7 Å². The third-order valence-electron chi connectivity index (χ3n) is 3.19. The highest BCUT2D eigenvalue weighted by Crippen LogP contribution is 2.21. The minimum atomic E-state index is -0.714. The lowest BCUT2D eigenvalue weighted by Crippen LogP contribution is -2.24. The Kier molecular flexibility index (Phi) is 5.34. The monoisotopic (exact) mass is 253 g/mol. The van der Waals surface area contributed by atoms with Gasteiger partial charge in [0, 0.05) is 35.4 Å². The third-order valence-corrected chi connectivity index (χ3v) is 3.97. The lowest BCUT2D eigenvalue weighted by Gasteiger charge is -2.18. The Bertz CT molecular complexity index is 415. The molecule has 0 amide bonds. The third kappa shape index (κ3) is 4.25. The molecule has 0 aliphatic carbocycles. The van der Waals surface area contributed by atoms with Gasteiger partial charge in [-0.2, -0.15) is 0 Å². The molecule has 2 atom stereocenters. The first-order valence-corrected chi connectivity index (χ1v) is 7.75. The second kappa shape index (κ2) is 6.31. The fraction of sp³-hybridized carbons (Fsp3) is 0.571. The molecule has 0 radical (unpaired) electrons. The molecule has 0 saturated carbocycles. The topological polar surface area (TPSA) is 29.1 Å². The van der Waals surface area contributed by atoms with Crippen molar-refractivity contribution in [3.8, 4) is 0 Å². The first-order chi connectivity index (χ1) is 7.91. The normalized spacial score (nSPS) is 14.6. The fourth-order valence-electron chi connectivity index (χ4n) is 1.98. The molecule has 1 N–H and O–H groups in total. The van der Waals surface area contributed by atoms with Crippen LogP contribution >= 0.6 is 0 Å². The van der Waals surface area contributed by atoms with Crippen LogP contribution in [-0.2, 0) is 10.8 Å². The van der Waals surface area contributed by atoms with Crippen LogP contribution in [-0.4, -0.2) is 22.8 Å². The van der Waals surface area contributed by atoms with E-state index in [-0.39, 0.29) is 0 Å². The molecule has 0 bridgehead atoms. The van der Waals surface area contributed by atoms with Crippen molar-refractivity contribution in [1.29, 1.82) is 0 Å². The van der Waals surface area contributed by atoms with Crippen LogP contribution in [0, 0.1) is 20.8 Å². The van der Waals surface area contributed by atoms with Crippen LogP contribution < -0.4 is 5.32 Å². The predicted molar refractivity (Wildman–Crippen MR) is 76.0 cm³/mol. The van der Waals surface area contributed by atoms with Gasteiger partial charge < -0.3 is 5.32 Å². The maximum absolute atomic E-state index is 11.0. The van der Waals surface area contributed by atoms with Crippen molar-refractivity contribution >= 4 is 10.8 Å². The van der Waals surface area contributed by atoms with Crippen molar-refractivity contribution in [2.24, 2.45) is 0 Å². The molecule has 1 rings (SSSR count). The molecule has 1 aromatic carbocycles. The van der Waals surface area contributed by atoms with Crippen LogP contribution in [0.3, 0.4) is 0 Å². The molecule has 17 heavy (non-hydrogen) atoms. The van der Waals surface area contributed by atoms with Gasteiger partial charge in [0.1, 0.15) is 0 Å². The van der Waals surface area contributed by atoms with Gasteiger partial charge in [0.15, 0.2) is 0 Å². The summed E-state index contributed by atoms with van der Waals surface area (Å²) < 4.78 is 11.0. The largest absolute Gasteiger partial charge is 0.309 e. The summed E-state index contributed by atoms with van der Waals surface area (Å²) in [4.78, 5) is 0. The Hall–Kier alpha value is -0.670. The van der Waals surface area contributed by atoms with Crippen LogP contribution in [0.1, 0.15) is 35.2 Å². The van der Waals surface area contributed by atoms with E-state index in [1.54, 1.807) is 6.26 Å². The zero-order chi connectivity index (χ0) is 13.0. The SMILES string of the molecule is Cc1cc(C)c(C(C)NCCS(C)=O)cc1C. The first kappa shape index (κ1) is 14.4. The number of benzene rings is 1. The summed E-state index contributed by atoms with van der Waals surface area (Å²) >= 11 is 0. The lowest BCUT2D eigenvalue weighted by molar-refractivity contribution is 0.594. The standard InChI is InChI=1S/C14H23NOS/c1-10-8-12(3)14(9-11(10)2)13(4)15-6-7-17(5)16/h8-9,13,15H,6-7H2,1-5H3. The Morgan fingerprint density at radius 1 is 1.18 bits per heavy atom. The van der Waals surface area contributed by atoms with E-state index in [9.17, 15) is 4.21 Å². The maximum atomic E-state index is 11.0. The van der Waals surface area contributed by atoms with Crippen LogP contribution in [0.15, 0.2) is 12.1 Å². The van der Waals surface area contributed by atoms with Gasteiger partial charge in [-0.25, -0.2) is 0 Å². The summed E-state index contributed by atoms with van der Waals surface area (Å²) in [6.45, 7) is 9.40. The molecule has 2 nitrogen and oxygen atoms in total. The van der Waals surface area contributed by atoms with E-state index in [1.807, 2.05) is 0 Å². The molecule has 0 saturated heterocycles. The Morgan fingerprint density at radius 2 is 1.76 bits per heavy atom. The number of nitrogens with one attached hydrogen (secondary N) is 1. The minimum Gasteiger partial charge on any atom is -0.309 e. The number of hydrogen-bond acceptors (Lipinski definition) is 2. The van der Waals surface area contributed by atoms with E-state index >= 15 is 0 Å². The summed E-state index contributed by atoms with van der Waals surface area (Å²) in [6, 6.07) is 4.81. The Labute approximate surface area is 107 Å². The smallest absolute Gasteiger partial charge is 0.0357 e. The highest BCUT2D eigenvalue weighted by Gasteiger charge is 2.09. The molecule has 0 heterocycles. The molecule has 3 heteroatoms. The van der Waals surface area contributed by atoms with Gasteiger partial charge in [-0.1, -0.05) is 12.1 Å². The van der Waals surface area contributed by atoms with Crippen LogP contribution in [0.4, 0.5) is 0 Å². The van der Waals surface area contributed by atoms with E-state index in [0.717, 1.165) is 6.54 Å². The second-order valence-electron chi connectivity index (χ2n) is 4.75. The predicted octanol–water partition coefficient (Wildman–Crippen LogP) is 2.64. The highest BCUT2D eigenvalue weighted by atomic mass is 32.2. The molecular formula is C14H23NOS. The van der Waals surface area contributed by atoms with Gasteiger partial charge in [-0.05, 0) is 49.9 Å². The van der Waals surface area contributed by atoms with E-state index in [4.69, 9.17) is 0 Å². The van der Waals surface area contributed by atoms with E-state index in [1.165, 1.54) is 22.3 Å². The van der Waals surface area contributed by atoms with Crippen molar-refractivity contribution in [3.63, 3.8) is 0 Å². The minimum absolute atomic E-state index is 0.317. The van der Waals surface area contributed by atoms with Crippen molar-refractivity contribution < 1.29 is 4.21 Å². The maximum Gasteiger partial charge on any atom is 0.0357 e. The molecule has 96 valence electrons. The van der Waals surface area contributed by atoms with Crippen LogP contribution in [0.2, 0.25) is 0 Å². The van der Waals surface area contributed by atoms with Gasteiger partial charge >= 0.3 is 0 Å². The van der Waals surface area contributed by atoms with E-state index in [0.29, 0.717) is 11.8 Å². The van der Waals surface area contributed by atoms with Crippen molar-refractivity contribution in [3.05, 3.63) is 34.4 Å². The van der Waals surface area contributed by atoms with Crippen molar-refractivity contribution in [1.82, 2.24) is 5.32 Å². The lowest BCUT2D eigenvalue weighted by atomic mass is 9.96. The Balaban J connectivity index is 2.71. The van der Waals surface area contributed by atoms with E-state index < -0.39 is 10.8 Å². The number of hydrogen-bond donors (Lipinski definition) is 1. The molecule has 0 fully saturated rings. The van der Waals surface area contributed by atoms with Crippen LogP contribution in [0.5, 0.6) is 0 Å². The second-order valence-corrected chi connectivity index (χ2v) is 6.30. The summed E-state index contributed by atoms with van der Waals surface area (Å²) in [6.07, 6.45) is 1.74. The van der Waals surface area contributed by atoms with Crippen LogP contribution in [0.25, 0.3) is 0 Å². The summed E-state index contributed by atoms with van der Waals surface area (Å²) in [7, 11) is -0.714. The first-order valence-electron chi connectivity index (χ1n) is 6.03. The Morgan fingerprint density at radius 3 is 2.35 bits per heavy atom. The summed E-state index contributed by atoms with van der Waals surface area (Å²) in [5, 5.41) is 3.42. The summed E-state index contributed by atoms with van der Waals surface area (Å²) in [5.74, 6) is 0.716. The van der Waals surface area contributed by atoms with Gasteiger partial charge in [-0.3, -0.25) is 4.21 Å². The molecule has 2 unspecified atom stereocenters. The molecule has 0 aromatic heterocycles. The molecule has 1 aromatic rings. The average molecular weight is 253 g/mol. The molecule has 0 aliphatic rings. The van der Waals surface area contributed by atoms with Gasteiger partial charge in [0.25, 0.3) is 0 Å². The highest BCUT2D eigenvalue weighted by molar-refractivity contribution is 7.84. The summed E-state index contributed by atoms with van der Waals surface area (Å²) in [5.41, 5.74) is 5.34. The van der Waals surface area contributed by atoms with Gasteiger partial charge in [0.2, 0.25) is 0 Å². The van der Waals surface area contributed by atoms with E-state index in [2.05, 4.69) is 45.1 Å². The zero-order valence-corrected chi connectivity index (χ0v) is 12.3. The fourth-order valence-corrected chi connectivity index (χ4v) is 2.38. The number of rotatable bonds is 5. The number of aryl methyl sites for hydroxylation is 3. The quantitative estimate of drug-likeness (QED) is 0.874. The molecular weight excluding hydrogens is 230 g/mol. The van der Waals surface area contributed by atoms with Gasteiger partial charge in [0.05, 0.1) is 0 Å². The molecule has 0 aliphatic heterocycles. The van der Waals surface area contributed by atoms with Crippen molar-refractivity contribution in [2.75, 3.05) is 18.6 Å². The zero-order valence-electron chi connectivity index (χ0n) is 11.5. The average Bonchev–Trinajstić information content (AvgIpc) is 2.22. The van der Waals surface area contributed by atoms with Gasteiger partial charge in [-0.15, -0.1) is 0 Å².